The van der Waals surface area contributed by atoms with E-state index >= 15 is 0 Å². The first-order valence-electron chi connectivity index (χ1n) is 8.04. The van der Waals surface area contributed by atoms with Crippen molar-refractivity contribution in [2.45, 2.75) is 26.4 Å². The minimum absolute atomic E-state index is 0.515. The van der Waals surface area contributed by atoms with E-state index < -0.39 is 6.10 Å². The van der Waals surface area contributed by atoms with Gasteiger partial charge in [-0.15, -0.1) is 0 Å². The van der Waals surface area contributed by atoms with Gasteiger partial charge in [0.1, 0.15) is 5.65 Å². The third kappa shape index (κ3) is 2.34. The first-order valence-corrected chi connectivity index (χ1v) is 8.04. The summed E-state index contributed by atoms with van der Waals surface area (Å²) >= 11 is 0. The number of aliphatic hydroxyl groups excluding tert-OH is 1. The van der Waals surface area contributed by atoms with Crippen molar-refractivity contribution < 1.29 is 5.11 Å². The quantitative estimate of drug-likeness (QED) is 0.600. The lowest BCUT2D eigenvalue weighted by molar-refractivity contribution is 0.169. The van der Waals surface area contributed by atoms with Crippen LogP contribution in [0.25, 0.3) is 33.1 Å². The van der Waals surface area contributed by atoms with E-state index in [0.29, 0.717) is 12.1 Å². The average Bonchev–Trinajstić information content (AvgIpc) is 3.09. The van der Waals surface area contributed by atoms with Crippen molar-refractivity contribution in [3.05, 3.63) is 54.2 Å². The number of aromatic nitrogens is 4. The van der Waals surface area contributed by atoms with Gasteiger partial charge in [0.15, 0.2) is 0 Å². The van der Waals surface area contributed by atoms with Gasteiger partial charge in [-0.05, 0) is 37.1 Å². The van der Waals surface area contributed by atoms with E-state index in [4.69, 9.17) is 0 Å². The van der Waals surface area contributed by atoms with Gasteiger partial charge in [-0.25, -0.2) is 4.98 Å². The maximum Gasteiger partial charge on any atom is 0.139 e. The largest absolute Gasteiger partial charge is 0.387 e. The number of hydrogen-bond acceptors (Lipinski definition) is 4. The molecule has 4 rings (SSSR count). The normalized spacial score (nSPS) is 12.8. The highest BCUT2D eigenvalue weighted by atomic mass is 16.3. The zero-order valence-electron chi connectivity index (χ0n) is 13.6. The van der Waals surface area contributed by atoms with E-state index in [9.17, 15) is 5.11 Å². The molecule has 0 spiro atoms. The van der Waals surface area contributed by atoms with Crippen LogP contribution in [0.4, 0.5) is 0 Å². The molecule has 0 aliphatic heterocycles. The molecular weight excluding hydrogens is 300 g/mol. The zero-order chi connectivity index (χ0) is 16.7. The highest BCUT2D eigenvalue weighted by molar-refractivity contribution is 6.02. The van der Waals surface area contributed by atoms with Crippen LogP contribution in [0.3, 0.4) is 0 Å². The number of rotatable bonds is 3. The molecule has 5 heteroatoms. The number of aromatic amines is 1. The molecule has 2 N–H and O–H groups in total. The molecule has 0 aromatic carbocycles. The molecule has 4 aromatic rings. The smallest absolute Gasteiger partial charge is 0.139 e. The van der Waals surface area contributed by atoms with Crippen LogP contribution in [0.15, 0.2) is 43.0 Å². The predicted octanol–water partition coefficient (Wildman–Crippen LogP) is 3.92. The lowest BCUT2D eigenvalue weighted by Gasteiger charge is -2.11. The second-order valence-electron chi connectivity index (χ2n) is 6.01. The standard InChI is InChI=1S/C19H18N4O/c1-3-17(24)16-6-11(2)15(10-21-16)12-7-13-9-23-19-14(4-5-20-19)18(13)22-8-12/h4-10,17,24H,3H2,1-2H3,(H,20,23)/t17-/m0/s1. The Kier molecular flexibility index (Phi) is 3.50. The Balaban J connectivity index is 1.83. The summed E-state index contributed by atoms with van der Waals surface area (Å²) < 4.78 is 0. The number of hydrogen-bond donors (Lipinski definition) is 2. The second-order valence-corrected chi connectivity index (χ2v) is 6.01. The van der Waals surface area contributed by atoms with Crippen LogP contribution in [0.5, 0.6) is 0 Å². The molecule has 5 nitrogen and oxygen atoms in total. The molecule has 120 valence electrons. The lowest BCUT2D eigenvalue weighted by Crippen LogP contribution is -2.00. The first kappa shape index (κ1) is 14.8. The van der Waals surface area contributed by atoms with E-state index in [1.807, 2.05) is 50.8 Å². The molecule has 0 bridgehead atoms. The van der Waals surface area contributed by atoms with Crippen molar-refractivity contribution in [2.24, 2.45) is 0 Å². The van der Waals surface area contributed by atoms with Gasteiger partial charge in [0.25, 0.3) is 0 Å². The Morgan fingerprint density at radius 1 is 1.12 bits per heavy atom. The zero-order valence-corrected chi connectivity index (χ0v) is 13.6. The van der Waals surface area contributed by atoms with Crippen molar-refractivity contribution in [1.82, 2.24) is 19.9 Å². The summed E-state index contributed by atoms with van der Waals surface area (Å²) in [5.74, 6) is 0. The number of nitrogens with one attached hydrogen (secondary N) is 1. The molecular formula is C19H18N4O. The van der Waals surface area contributed by atoms with Crippen molar-refractivity contribution >= 4 is 21.9 Å². The Morgan fingerprint density at radius 2 is 2.00 bits per heavy atom. The lowest BCUT2D eigenvalue weighted by atomic mass is 10.0. The fourth-order valence-electron chi connectivity index (χ4n) is 3.02. The number of pyridine rings is 3. The van der Waals surface area contributed by atoms with E-state index in [2.05, 4.69) is 26.0 Å². The van der Waals surface area contributed by atoms with Crippen molar-refractivity contribution in [3.8, 4) is 11.1 Å². The minimum atomic E-state index is -0.515. The maximum absolute atomic E-state index is 9.95. The second kappa shape index (κ2) is 5.69. The van der Waals surface area contributed by atoms with E-state index in [0.717, 1.165) is 38.6 Å². The summed E-state index contributed by atoms with van der Waals surface area (Å²) in [6.45, 7) is 3.97. The Hall–Kier alpha value is -2.79. The van der Waals surface area contributed by atoms with Crippen molar-refractivity contribution in [2.75, 3.05) is 0 Å². The summed E-state index contributed by atoms with van der Waals surface area (Å²) in [7, 11) is 0. The van der Waals surface area contributed by atoms with Crippen molar-refractivity contribution in [3.63, 3.8) is 0 Å². The fraction of sp³-hybridized carbons (Fsp3) is 0.211. The molecule has 0 unspecified atom stereocenters. The molecule has 0 radical (unpaired) electrons. The average molecular weight is 318 g/mol. The maximum atomic E-state index is 9.95. The van der Waals surface area contributed by atoms with Crippen LogP contribution in [0.1, 0.15) is 30.7 Å². The Bertz CT molecular complexity index is 1040. The third-order valence-corrected chi connectivity index (χ3v) is 4.40. The van der Waals surface area contributed by atoms with Crippen LogP contribution in [0.2, 0.25) is 0 Å². The van der Waals surface area contributed by atoms with Crippen LogP contribution in [-0.2, 0) is 0 Å². The van der Waals surface area contributed by atoms with Gasteiger partial charge >= 0.3 is 0 Å². The van der Waals surface area contributed by atoms with E-state index in [1.54, 1.807) is 0 Å². The third-order valence-electron chi connectivity index (χ3n) is 4.40. The Labute approximate surface area is 139 Å². The van der Waals surface area contributed by atoms with E-state index in [1.165, 1.54) is 0 Å². The Morgan fingerprint density at radius 3 is 2.79 bits per heavy atom. The molecule has 0 saturated carbocycles. The summed E-state index contributed by atoms with van der Waals surface area (Å²) in [6.07, 6.45) is 7.53. The van der Waals surface area contributed by atoms with Gasteiger partial charge in [-0.1, -0.05) is 6.92 Å². The van der Waals surface area contributed by atoms with Gasteiger partial charge in [0.05, 0.1) is 17.3 Å². The molecule has 4 heterocycles. The molecule has 4 aromatic heterocycles. The summed E-state index contributed by atoms with van der Waals surface area (Å²) in [6, 6.07) is 6.02. The van der Waals surface area contributed by atoms with Gasteiger partial charge in [0.2, 0.25) is 0 Å². The van der Waals surface area contributed by atoms with Gasteiger partial charge in [-0.2, -0.15) is 0 Å². The SMILES string of the molecule is CC[C@H](O)c1cc(C)c(-c2cnc3c(cnc4[nH]ccc43)c2)cn1. The number of fused-ring (bicyclic) bond motifs is 3. The summed E-state index contributed by atoms with van der Waals surface area (Å²) in [4.78, 5) is 16.6. The highest BCUT2D eigenvalue weighted by Gasteiger charge is 2.11. The number of nitrogens with zero attached hydrogens (tertiary/aromatic N) is 3. The van der Waals surface area contributed by atoms with Crippen LogP contribution in [-0.4, -0.2) is 25.0 Å². The summed E-state index contributed by atoms with van der Waals surface area (Å²) in [5, 5.41) is 12.0. The molecule has 1 atom stereocenters. The molecule has 0 aliphatic carbocycles. The summed E-state index contributed by atoms with van der Waals surface area (Å²) in [5.41, 5.74) is 5.59. The van der Waals surface area contributed by atoms with Gasteiger partial charge < -0.3 is 10.1 Å². The molecule has 0 aliphatic rings. The fourth-order valence-corrected chi connectivity index (χ4v) is 3.02. The number of H-pyrrole nitrogens is 1. The van der Waals surface area contributed by atoms with Crippen molar-refractivity contribution in [1.29, 1.82) is 0 Å². The topological polar surface area (TPSA) is 74.7 Å². The first-order chi connectivity index (χ1) is 11.7. The molecule has 0 saturated heterocycles. The number of aryl methyl sites for hydroxylation is 1. The van der Waals surface area contributed by atoms with Gasteiger partial charge in [-0.3, -0.25) is 9.97 Å². The van der Waals surface area contributed by atoms with Crippen LogP contribution in [0, 0.1) is 6.92 Å². The highest BCUT2D eigenvalue weighted by Crippen LogP contribution is 2.29. The minimum Gasteiger partial charge on any atom is -0.387 e. The van der Waals surface area contributed by atoms with Crippen LogP contribution >= 0.6 is 0 Å². The molecule has 0 amide bonds. The molecule has 0 fully saturated rings. The molecule has 24 heavy (non-hydrogen) atoms. The monoisotopic (exact) mass is 318 g/mol. The van der Waals surface area contributed by atoms with Crippen LogP contribution < -0.4 is 0 Å². The van der Waals surface area contributed by atoms with Gasteiger partial charge in [0, 0.05) is 46.7 Å². The predicted molar refractivity (Wildman–Crippen MR) is 94.6 cm³/mol. The van der Waals surface area contributed by atoms with E-state index in [-0.39, 0.29) is 0 Å². The number of aliphatic hydroxyl groups is 1.